The van der Waals surface area contributed by atoms with Crippen molar-refractivity contribution in [2.45, 2.75) is 20.8 Å². The molecule has 0 saturated carbocycles. The predicted octanol–water partition coefficient (Wildman–Crippen LogP) is 5.70. The summed E-state index contributed by atoms with van der Waals surface area (Å²) in [6.45, 7) is 13.7. The number of halogens is 1. The van der Waals surface area contributed by atoms with E-state index in [1.165, 1.54) is 23.4 Å². The summed E-state index contributed by atoms with van der Waals surface area (Å²) in [6, 6.07) is 14.5. The Morgan fingerprint density at radius 2 is 1.71 bits per heavy atom. The van der Waals surface area contributed by atoms with Gasteiger partial charge in [0.05, 0.1) is 22.3 Å². The number of nitrogens with zero attached hydrogens (tertiary/aromatic N) is 2. The molecule has 0 atom stereocenters. The summed E-state index contributed by atoms with van der Waals surface area (Å²) >= 11 is 1.52. The smallest absolute Gasteiger partial charge is 0.146 e. The zero-order valence-corrected chi connectivity index (χ0v) is 17.2. The molecule has 0 aliphatic heterocycles. The Hall–Kier alpha value is -2.86. The van der Waals surface area contributed by atoms with Gasteiger partial charge in [-0.2, -0.15) is 5.10 Å². The maximum Gasteiger partial charge on any atom is 0.146 e. The normalized spacial score (nSPS) is 11.9. The predicted molar refractivity (Wildman–Crippen MR) is 120 cm³/mol. The van der Waals surface area contributed by atoms with E-state index in [0.29, 0.717) is 17.3 Å². The Kier molecular flexibility index (Phi) is 8.02. The number of hydrogen-bond donors (Lipinski definition) is 2. The summed E-state index contributed by atoms with van der Waals surface area (Å²) in [5.41, 5.74) is 4.22. The summed E-state index contributed by atoms with van der Waals surface area (Å²) in [5, 5.41) is 15.3. The number of hydrogen-bond acceptors (Lipinski definition) is 5. The average Bonchev–Trinajstić information content (AvgIpc) is 2.66. The van der Waals surface area contributed by atoms with Crippen LogP contribution in [-0.4, -0.2) is 16.5 Å². The van der Waals surface area contributed by atoms with Gasteiger partial charge in [0.1, 0.15) is 5.82 Å². The molecule has 0 amide bonds. The maximum atomic E-state index is 13.7. The van der Waals surface area contributed by atoms with E-state index in [-0.39, 0.29) is 5.82 Å². The molecule has 2 aromatic rings. The van der Waals surface area contributed by atoms with Crippen molar-refractivity contribution in [1.29, 1.82) is 0 Å². The Balaban J connectivity index is 1.84. The Labute approximate surface area is 170 Å². The zero-order chi connectivity index (χ0) is 20.5. The molecule has 2 rings (SSSR count). The van der Waals surface area contributed by atoms with Gasteiger partial charge in [0, 0.05) is 17.0 Å². The first kappa shape index (κ1) is 21.4. The maximum absolute atomic E-state index is 13.7. The number of para-hydroxylation sites is 1. The van der Waals surface area contributed by atoms with Gasteiger partial charge in [-0.3, -0.25) is 0 Å². The van der Waals surface area contributed by atoms with Crippen LogP contribution in [0.4, 0.5) is 10.1 Å². The molecule has 0 aliphatic carbocycles. The fourth-order valence-electron chi connectivity index (χ4n) is 2.40. The number of thioether (sulfide) groups is 1. The largest absolute Gasteiger partial charge is 0.346 e. The third-order valence-electron chi connectivity index (χ3n) is 3.82. The molecule has 0 aliphatic rings. The van der Waals surface area contributed by atoms with Crippen LogP contribution in [0.2, 0.25) is 0 Å². The minimum Gasteiger partial charge on any atom is -0.346 e. The summed E-state index contributed by atoms with van der Waals surface area (Å²) in [6.07, 6.45) is 0. The molecule has 146 valence electrons. The van der Waals surface area contributed by atoms with Gasteiger partial charge < -0.3 is 10.6 Å². The van der Waals surface area contributed by atoms with E-state index in [9.17, 15) is 4.39 Å². The van der Waals surface area contributed by atoms with Gasteiger partial charge in [0.2, 0.25) is 0 Å². The molecule has 4 nitrogen and oxygen atoms in total. The highest BCUT2D eigenvalue weighted by atomic mass is 32.2. The van der Waals surface area contributed by atoms with Crippen molar-refractivity contribution in [2.24, 2.45) is 10.2 Å². The van der Waals surface area contributed by atoms with Crippen LogP contribution >= 0.6 is 11.8 Å². The first-order valence-electron chi connectivity index (χ1n) is 8.79. The van der Waals surface area contributed by atoms with E-state index in [1.807, 2.05) is 32.0 Å². The monoisotopic (exact) mass is 396 g/mol. The molecule has 2 N–H and O–H groups in total. The quantitative estimate of drug-likeness (QED) is 0.342. The van der Waals surface area contributed by atoms with Crippen molar-refractivity contribution in [2.75, 3.05) is 11.1 Å². The first-order chi connectivity index (χ1) is 13.4. The molecule has 0 spiro atoms. The second-order valence-corrected chi connectivity index (χ2v) is 7.39. The van der Waals surface area contributed by atoms with Crippen LogP contribution in [0.5, 0.6) is 0 Å². The summed E-state index contributed by atoms with van der Waals surface area (Å²) in [4.78, 5) is 0. The highest BCUT2D eigenvalue weighted by Gasteiger charge is 2.04. The van der Waals surface area contributed by atoms with E-state index in [4.69, 9.17) is 0 Å². The number of benzene rings is 2. The Morgan fingerprint density at radius 1 is 1.04 bits per heavy atom. The third kappa shape index (κ3) is 6.70. The van der Waals surface area contributed by atoms with Gasteiger partial charge in [0.25, 0.3) is 0 Å². The summed E-state index contributed by atoms with van der Waals surface area (Å²) < 4.78 is 13.7. The minimum absolute atomic E-state index is 0.338. The summed E-state index contributed by atoms with van der Waals surface area (Å²) in [7, 11) is 0. The van der Waals surface area contributed by atoms with Crippen molar-refractivity contribution >= 4 is 28.2 Å². The van der Waals surface area contributed by atoms with Gasteiger partial charge in [-0.15, -0.1) is 16.9 Å². The molecule has 0 unspecified atom stereocenters. The van der Waals surface area contributed by atoms with Gasteiger partial charge in [0.15, 0.2) is 0 Å². The van der Waals surface area contributed by atoms with Crippen LogP contribution in [0.3, 0.4) is 0 Å². The van der Waals surface area contributed by atoms with Gasteiger partial charge >= 0.3 is 0 Å². The number of nitrogens with one attached hydrogen (secondary N) is 2. The first-order valence-corrected chi connectivity index (χ1v) is 9.78. The molecule has 28 heavy (non-hydrogen) atoms. The highest BCUT2D eigenvalue weighted by Crippen LogP contribution is 2.15. The van der Waals surface area contributed by atoms with E-state index >= 15 is 0 Å². The average molecular weight is 397 g/mol. The highest BCUT2D eigenvalue weighted by molar-refractivity contribution is 8.14. The fourth-order valence-corrected chi connectivity index (χ4v) is 2.96. The van der Waals surface area contributed by atoms with Crippen LogP contribution in [0.15, 0.2) is 83.4 Å². The van der Waals surface area contributed by atoms with Gasteiger partial charge in [-0.25, -0.2) is 4.39 Å². The van der Waals surface area contributed by atoms with Crippen molar-refractivity contribution in [3.05, 3.63) is 90.2 Å². The lowest BCUT2D eigenvalue weighted by Crippen LogP contribution is -2.19. The number of rotatable bonds is 8. The van der Waals surface area contributed by atoms with Crippen LogP contribution in [-0.2, 0) is 0 Å². The Morgan fingerprint density at radius 3 is 2.43 bits per heavy atom. The fraction of sp³-hybridized carbons (Fsp3) is 0.182. The lowest BCUT2D eigenvalue weighted by molar-refractivity contribution is 0.631. The SMILES string of the molecule is C=C(CS/C(C)=N/N=C(\C)c1ccccc1C)NC(=C)Nc1ccccc1F. The van der Waals surface area contributed by atoms with E-state index in [1.54, 1.807) is 18.2 Å². The van der Waals surface area contributed by atoms with Crippen molar-refractivity contribution < 1.29 is 4.39 Å². The van der Waals surface area contributed by atoms with Crippen LogP contribution in [0, 0.1) is 12.7 Å². The molecule has 6 heteroatoms. The second-order valence-electron chi connectivity index (χ2n) is 6.22. The van der Waals surface area contributed by atoms with Crippen molar-refractivity contribution in [3.63, 3.8) is 0 Å². The Bertz CT molecular complexity index is 918. The molecular weight excluding hydrogens is 371 g/mol. The van der Waals surface area contributed by atoms with Gasteiger partial charge in [-0.1, -0.05) is 49.6 Å². The molecule has 0 radical (unpaired) electrons. The molecule has 0 aromatic heterocycles. The van der Waals surface area contributed by atoms with E-state index in [0.717, 1.165) is 22.0 Å². The van der Waals surface area contributed by atoms with Crippen molar-refractivity contribution in [3.8, 4) is 0 Å². The van der Waals surface area contributed by atoms with E-state index < -0.39 is 0 Å². The van der Waals surface area contributed by atoms with Crippen LogP contribution in [0.25, 0.3) is 0 Å². The molecule has 2 aromatic carbocycles. The topological polar surface area (TPSA) is 48.8 Å². The molecule has 0 bridgehead atoms. The molecule has 0 saturated heterocycles. The number of anilines is 1. The third-order valence-corrected chi connectivity index (χ3v) is 4.81. The second kappa shape index (κ2) is 10.5. The lowest BCUT2D eigenvalue weighted by Gasteiger charge is -2.14. The lowest BCUT2D eigenvalue weighted by atomic mass is 10.1. The van der Waals surface area contributed by atoms with Crippen LogP contribution in [0.1, 0.15) is 25.0 Å². The van der Waals surface area contributed by atoms with Gasteiger partial charge in [-0.05, 0) is 38.5 Å². The molecule has 0 fully saturated rings. The molecule has 0 heterocycles. The minimum atomic E-state index is -0.338. The summed E-state index contributed by atoms with van der Waals surface area (Å²) in [5.74, 6) is 0.709. The van der Waals surface area contributed by atoms with E-state index in [2.05, 4.69) is 47.0 Å². The van der Waals surface area contributed by atoms with Crippen molar-refractivity contribution in [1.82, 2.24) is 5.32 Å². The zero-order valence-electron chi connectivity index (χ0n) is 16.4. The standard InChI is InChI=1S/C22H25FN4S/c1-15-10-6-7-11-20(15)17(3)26-27-19(5)28-14-16(2)24-18(4)25-22-13-9-8-12-21(22)23/h6-13,24-25H,2,4,14H2,1,3,5H3/b26-17+,27-19+. The molecular formula is C22H25FN4S. The number of aryl methyl sites for hydroxylation is 1. The van der Waals surface area contributed by atoms with Crippen LogP contribution < -0.4 is 10.6 Å².